The summed E-state index contributed by atoms with van der Waals surface area (Å²) in [7, 11) is 0. The fourth-order valence-electron chi connectivity index (χ4n) is 4.99. The van der Waals surface area contributed by atoms with E-state index >= 15 is 0 Å². The smallest absolute Gasteiger partial charge is 0.357 e. The molecule has 0 spiro atoms. The molecular formula is C31H38N6O4. The first-order valence-electron chi connectivity index (χ1n) is 14.3. The van der Waals surface area contributed by atoms with E-state index in [1.54, 1.807) is 13.0 Å². The first-order chi connectivity index (χ1) is 19.9. The summed E-state index contributed by atoms with van der Waals surface area (Å²) in [6, 6.07) is 15.7. The average Bonchev–Trinajstić information content (AvgIpc) is 3.01. The number of nitrogens with one attached hydrogen (secondary N) is 2. The Balaban J connectivity index is 1.58. The van der Waals surface area contributed by atoms with Gasteiger partial charge in [-0.2, -0.15) is 0 Å². The number of hydrogen-bond acceptors (Lipinski definition) is 10. The van der Waals surface area contributed by atoms with Crippen molar-refractivity contribution in [2.45, 2.75) is 20.8 Å². The summed E-state index contributed by atoms with van der Waals surface area (Å²) in [5, 5.41) is 12.4. The van der Waals surface area contributed by atoms with Gasteiger partial charge >= 0.3 is 5.97 Å². The first-order valence-corrected chi connectivity index (χ1v) is 14.3. The number of nitrogens with zero attached hydrogens (tertiary/aromatic N) is 4. The van der Waals surface area contributed by atoms with Crippen molar-refractivity contribution in [2.75, 3.05) is 74.3 Å². The van der Waals surface area contributed by atoms with Gasteiger partial charge in [-0.1, -0.05) is 32.0 Å². The fourth-order valence-corrected chi connectivity index (χ4v) is 4.99. The van der Waals surface area contributed by atoms with E-state index in [0.29, 0.717) is 49.3 Å². The summed E-state index contributed by atoms with van der Waals surface area (Å²) in [6.45, 7) is 11.9. The largest absolute Gasteiger partial charge is 0.461 e. The van der Waals surface area contributed by atoms with Crippen LogP contribution in [-0.2, 0) is 14.2 Å². The molecule has 10 nitrogen and oxygen atoms in total. The zero-order valence-electron chi connectivity index (χ0n) is 24.0. The maximum Gasteiger partial charge on any atom is 0.357 e. The molecule has 2 aliphatic rings. The van der Waals surface area contributed by atoms with Gasteiger partial charge in [0.15, 0.2) is 5.69 Å². The lowest BCUT2D eigenvalue weighted by Crippen LogP contribution is -2.36. The van der Waals surface area contributed by atoms with Crippen LogP contribution in [0, 0.1) is 11.3 Å². The summed E-state index contributed by atoms with van der Waals surface area (Å²) in [5.41, 5.74) is 3.94. The van der Waals surface area contributed by atoms with Crippen LogP contribution in [0.15, 0.2) is 48.5 Å². The van der Waals surface area contributed by atoms with E-state index in [-0.39, 0.29) is 18.2 Å². The Kier molecular flexibility index (Phi) is 9.11. The van der Waals surface area contributed by atoms with Crippen LogP contribution in [0.3, 0.4) is 0 Å². The van der Waals surface area contributed by atoms with Crippen molar-refractivity contribution in [3.8, 4) is 11.1 Å². The maximum absolute atomic E-state index is 13.0. The minimum Gasteiger partial charge on any atom is -0.461 e. The molecule has 0 bridgehead atoms. The summed E-state index contributed by atoms with van der Waals surface area (Å²) in [5.74, 6) is 1.21. The SMILES string of the molecule is CCOC(=O)c1cc(-c2ccc(N3CCOCC3)cc2)c(C(=N)C(C)C)c(Nc2cccc(N3CCOCC3)n2)n1. The first kappa shape index (κ1) is 28.5. The molecule has 0 radical (unpaired) electrons. The van der Waals surface area contributed by atoms with Gasteiger partial charge in [-0.25, -0.2) is 14.8 Å². The zero-order valence-corrected chi connectivity index (χ0v) is 24.0. The highest BCUT2D eigenvalue weighted by Gasteiger charge is 2.24. The number of carbonyl (C=O) groups excluding carboxylic acids is 1. The molecule has 2 aromatic heterocycles. The molecule has 5 rings (SSSR count). The lowest BCUT2D eigenvalue weighted by atomic mass is 9.91. The fraction of sp³-hybridized carbons (Fsp3) is 0.419. The third kappa shape index (κ3) is 6.66. The van der Waals surface area contributed by atoms with Gasteiger partial charge in [0.1, 0.15) is 17.5 Å². The number of hydrogen-bond donors (Lipinski definition) is 2. The number of aromatic nitrogens is 2. The Morgan fingerprint density at radius 1 is 0.976 bits per heavy atom. The number of carbonyl (C=O) groups is 1. The molecule has 0 saturated carbocycles. The highest BCUT2D eigenvalue weighted by molar-refractivity contribution is 6.10. The molecule has 10 heteroatoms. The van der Waals surface area contributed by atoms with Crippen molar-refractivity contribution < 1.29 is 19.0 Å². The normalized spacial score (nSPS) is 15.6. The summed E-state index contributed by atoms with van der Waals surface area (Å²) in [4.78, 5) is 26.9. The maximum atomic E-state index is 13.0. The molecule has 1 aromatic carbocycles. The Labute approximate surface area is 241 Å². The number of anilines is 4. The molecule has 216 valence electrons. The molecular weight excluding hydrogens is 520 g/mol. The number of pyridine rings is 2. The Bertz CT molecular complexity index is 1370. The van der Waals surface area contributed by atoms with Gasteiger partial charge in [0.25, 0.3) is 0 Å². The van der Waals surface area contributed by atoms with Crippen molar-refractivity contribution in [1.82, 2.24) is 9.97 Å². The molecule has 3 aromatic rings. The number of ether oxygens (including phenoxy) is 3. The van der Waals surface area contributed by atoms with E-state index < -0.39 is 5.97 Å². The minimum atomic E-state index is -0.514. The molecule has 2 fully saturated rings. The highest BCUT2D eigenvalue weighted by atomic mass is 16.5. The second-order valence-corrected chi connectivity index (χ2v) is 10.3. The second kappa shape index (κ2) is 13.1. The summed E-state index contributed by atoms with van der Waals surface area (Å²) < 4.78 is 16.3. The molecule has 0 amide bonds. The highest BCUT2D eigenvalue weighted by Crippen LogP contribution is 2.34. The lowest BCUT2D eigenvalue weighted by molar-refractivity contribution is 0.0519. The number of rotatable bonds is 9. The van der Waals surface area contributed by atoms with E-state index in [9.17, 15) is 4.79 Å². The van der Waals surface area contributed by atoms with Crippen LogP contribution in [0.25, 0.3) is 11.1 Å². The van der Waals surface area contributed by atoms with Crippen molar-refractivity contribution in [3.63, 3.8) is 0 Å². The van der Waals surface area contributed by atoms with Gasteiger partial charge in [0, 0.05) is 43.1 Å². The third-order valence-corrected chi connectivity index (χ3v) is 7.22. The van der Waals surface area contributed by atoms with Crippen LogP contribution in [0.1, 0.15) is 36.8 Å². The predicted octanol–water partition coefficient (Wildman–Crippen LogP) is 4.76. The predicted molar refractivity (Wildman–Crippen MR) is 161 cm³/mol. The van der Waals surface area contributed by atoms with Gasteiger partial charge in [0.05, 0.1) is 33.0 Å². The monoisotopic (exact) mass is 558 g/mol. The molecule has 2 saturated heterocycles. The summed E-state index contributed by atoms with van der Waals surface area (Å²) in [6.07, 6.45) is 0. The molecule has 41 heavy (non-hydrogen) atoms. The Morgan fingerprint density at radius 3 is 2.27 bits per heavy atom. The van der Waals surface area contributed by atoms with Crippen LogP contribution in [0.4, 0.5) is 23.1 Å². The third-order valence-electron chi connectivity index (χ3n) is 7.22. The molecule has 0 unspecified atom stereocenters. The number of benzene rings is 1. The molecule has 0 aliphatic carbocycles. The van der Waals surface area contributed by atoms with E-state index in [0.717, 1.165) is 48.8 Å². The Morgan fingerprint density at radius 2 is 1.63 bits per heavy atom. The van der Waals surface area contributed by atoms with Crippen molar-refractivity contribution >= 4 is 34.8 Å². The van der Waals surface area contributed by atoms with Crippen molar-refractivity contribution in [3.05, 3.63) is 59.8 Å². The minimum absolute atomic E-state index is 0.0789. The van der Waals surface area contributed by atoms with Gasteiger partial charge in [-0.3, -0.25) is 0 Å². The van der Waals surface area contributed by atoms with Crippen LogP contribution < -0.4 is 15.1 Å². The molecule has 2 N–H and O–H groups in total. The molecule has 0 atom stereocenters. The van der Waals surface area contributed by atoms with E-state index in [4.69, 9.17) is 24.6 Å². The van der Waals surface area contributed by atoms with Crippen LogP contribution in [-0.4, -0.2) is 80.9 Å². The van der Waals surface area contributed by atoms with Crippen molar-refractivity contribution in [2.24, 2.45) is 5.92 Å². The topological polar surface area (TPSA) is 113 Å². The lowest BCUT2D eigenvalue weighted by Gasteiger charge is -2.29. The van der Waals surface area contributed by atoms with Crippen LogP contribution in [0.5, 0.6) is 0 Å². The average molecular weight is 559 g/mol. The van der Waals surface area contributed by atoms with Gasteiger partial charge < -0.3 is 34.7 Å². The number of esters is 1. The van der Waals surface area contributed by atoms with E-state index in [2.05, 4.69) is 32.2 Å². The van der Waals surface area contributed by atoms with Crippen molar-refractivity contribution in [1.29, 1.82) is 5.41 Å². The quantitative estimate of drug-likeness (QED) is 0.283. The molecule has 4 heterocycles. The van der Waals surface area contributed by atoms with Crippen LogP contribution in [0.2, 0.25) is 0 Å². The summed E-state index contributed by atoms with van der Waals surface area (Å²) >= 11 is 0. The van der Waals surface area contributed by atoms with Crippen LogP contribution >= 0.6 is 0 Å². The standard InChI is InChI=1S/C31H38N6O4/c1-4-41-31(38)25-20-24(22-8-10-23(11-9-22)36-12-16-39-17-13-36)28(29(32)21(2)3)30(33-25)35-26-6-5-7-27(34-26)37-14-18-40-19-15-37/h5-11,20-21,32H,4,12-19H2,1-3H3,(H,33,34,35). The van der Waals surface area contributed by atoms with E-state index in [1.807, 2.05) is 44.2 Å². The van der Waals surface area contributed by atoms with Gasteiger partial charge in [0.2, 0.25) is 0 Å². The van der Waals surface area contributed by atoms with Gasteiger partial charge in [-0.15, -0.1) is 0 Å². The second-order valence-electron chi connectivity index (χ2n) is 10.3. The zero-order chi connectivity index (χ0) is 28.8. The van der Waals surface area contributed by atoms with E-state index in [1.165, 1.54) is 0 Å². The van der Waals surface area contributed by atoms with Gasteiger partial charge in [-0.05, 0) is 54.3 Å². The molecule has 2 aliphatic heterocycles. The Hall–Kier alpha value is -4.02. The number of morpholine rings is 2.